The average Bonchev–Trinajstić information content (AvgIpc) is 2.97. The molecule has 3 heterocycles. The Morgan fingerprint density at radius 2 is 2.18 bits per heavy atom. The van der Waals surface area contributed by atoms with Crippen molar-refractivity contribution in [1.29, 1.82) is 0 Å². The predicted octanol–water partition coefficient (Wildman–Crippen LogP) is 0.593. The fourth-order valence-electron chi connectivity index (χ4n) is 2.95. The Hall–Kier alpha value is -2.06. The molecule has 1 aromatic rings. The third-order valence-electron chi connectivity index (χ3n) is 4.03. The maximum atomic E-state index is 4.97. The molecule has 5 heteroatoms. The summed E-state index contributed by atoms with van der Waals surface area (Å²) in [5.41, 5.74) is 1.11. The number of nitrogens with one attached hydrogen (secondary N) is 1. The van der Waals surface area contributed by atoms with Gasteiger partial charge in [0, 0.05) is 51.0 Å². The van der Waals surface area contributed by atoms with Crippen molar-refractivity contribution >= 4 is 5.96 Å². The Kier molecular flexibility index (Phi) is 4.92. The van der Waals surface area contributed by atoms with Gasteiger partial charge in [0.05, 0.1) is 12.6 Å². The first-order valence-electron chi connectivity index (χ1n) is 7.95. The van der Waals surface area contributed by atoms with Gasteiger partial charge >= 0.3 is 0 Å². The van der Waals surface area contributed by atoms with E-state index in [1.165, 1.54) is 0 Å². The lowest BCUT2D eigenvalue weighted by molar-refractivity contribution is 0.313. The van der Waals surface area contributed by atoms with Crippen LogP contribution in [-0.2, 0) is 6.42 Å². The van der Waals surface area contributed by atoms with Crippen LogP contribution in [0.3, 0.4) is 0 Å². The second-order valence-corrected chi connectivity index (χ2v) is 5.65. The van der Waals surface area contributed by atoms with Crippen molar-refractivity contribution < 1.29 is 0 Å². The van der Waals surface area contributed by atoms with Gasteiger partial charge in [0.15, 0.2) is 5.96 Å². The second kappa shape index (κ2) is 7.28. The van der Waals surface area contributed by atoms with Gasteiger partial charge in [0.1, 0.15) is 0 Å². The molecule has 2 aliphatic rings. The first kappa shape index (κ1) is 14.9. The van der Waals surface area contributed by atoms with Crippen LogP contribution in [0, 0.1) is 11.8 Å². The van der Waals surface area contributed by atoms with Crippen LogP contribution in [0.15, 0.2) is 29.4 Å². The van der Waals surface area contributed by atoms with Crippen LogP contribution in [0.4, 0.5) is 0 Å². The third-order valence-corrected chi connectivity index (χ3v) is 4.03. The number of aromatic nitrogens is 1. The predicted molar refractivity (Wildman–Crippen MR) is 88.6 cm³/mol. The molecule has 0 aromatic carbocycles. The Bertz CT molecular complexity index is 566. The van der Waals surface area contributed by atoms with Crippen molar-refractivity contribution in [3.8, 4) is 11.8 Å². The van der Waals surface area contributed by atoms with E-state index in [2.05, 4.69) is 38.0 Å². The Morgan fingerprint density at radius 3 is 2.91 bits per heavy atom. The molecule has 1 unspecified atom stereocenters. The molecule has 2 aliphatic heterocycles. The fraction of sp³-hybridized carbons (Fsp3) is 0.529. The van der Waals surface area contributed by atoms with Crippen molar-refractivity contribution in [3.05, 3.63) is 30.1 Å². The van der Waals surface area contributed by atoms with Gasteiger partial charge in [-0.05, 0) is 19.1 Å². The van der Waals surface area contributed by atoms with Crippen LogP contribution in [0.25, 0.3) is 0 Å². The van der Waals surface area contributed by atoms with E-state index in [9.17, 15) is 0 Å². The summed E-state index contributed by atoms with van der Waals surface area (Å²) in [4.78, 5) is 14.1. The summed E-state index contributed by atoms with van der Waals surface area (Å²) in [6.45, 7) is 7.68. The number of guanidine groups is 1. The van der Waals surface area contributed by atoms with Crippen molar-refractivity contribution in [2.75, 3.05) is 39.3 Å². The molecule has 1 fully saturated rings. The topological polar surface area (TPSA) is 43.8 Å². The zero-order valence-electron chi connectivity index (χ0n) is 13.1. The minimum Gasteiger partial charge on any atom is -0.340 e. The molecule has 0 spiro atoms. The zero-order chi connectivity index (χ0) is 15.2. The molecule has 116 valence electrons. The number of nitrogens with zero attached hydrogens (tertiary/aromatic N) is 4. The molecule has 0 saturated carbocycles. The van der Waals surface area contributed by atoms with E-state index in [0.29, 0.717) is 0 Å². The summed E-state index contributed by atoms with van der Waals surface area (Å²) in [5, 5.41) is 3.39. The molecule has 0 amide bonds. The van der Waals surface area contributed by atoms with Crippen LogP contribution < -0.4 is 5.32 Å². The number of hydrogen-bond donors (Lipinski definition) is 1. The number of piperazine rings is 1. The summed E-state index contributed by atoms with van der Waals surface area (Å²) in [6, 6.07) is 6.35. The number of aliphatic imine (C=N–C) groups is 1. The Morgan fingerprint density at radius 1 is 1.32 bits per heavy atom. The normalized spacial score (nSPS) is 21.3. The van der Waals surface area contributed by atoms with E-state index >= 15 is 0 Å². The largest absolute Gasteiger partial charge is 0.340 e. The van der Waals surface area contributed by atoms with Crippen LogP contribution in [0.1, 0.15) is 12.6 Å². The highest BCUT2D eigenvalue weighted by molar-refractivity contribution is 5.82. The van der Waals surface area contributed by atoms with Crippen LogP contribution in [0.5, 0.6) is 0 Å². The molecule has 1 atom stereocenters. The molecule has 22 heavy (non-hydrogen) atoms. The molecular weight excluding hydrogens is 274 g/mol. The molecule has 0 aliphatic carbocycles. The first-order chi connectivity index (χ1) is 10.9. The minimum atomic E-state index is 0.276. The van der Waals surface area contributed by atoms with Crippen molar-refractivity contribution in [2.24, 2.45) is 4.99 Å². The van der Waals surface area contributed by atoms with Crippen molar-refractivity contribution in [1.82, 2.24) is 20.1 Å². The highest BCUT2D eigenvalue weighted by Gasteiger charge is 2.29. The first-order valence-corrected chi connectivity index (χ1v) is 7.95. The molecule has 1 saturated heterocycles. The van der Waals surface area contributed by atoms with E-state index in [4.69, 9.17) is 4.99 Å². The zero-order valence-corrected chi connectivity index (χ0v) is 13.1. The van der Waals surface area contributed by atoms with Gasteiger partial charge in [0.2, 0.25) is 0 Å². The highest BCUT2D eigenvalue weighted by atomic mass is 15.4. The standard InChI is InChI=1S/C17H23N5/c1-2-3-10-22-14-16(13-15-6-4-5-7-19-15)20-17(22)21-11-8-18-9-12-21/h4-7,16,18H,8-14H2,1H3. The summed E-state index contributed by atoms with van der Waals surface area (Å²) >= 11 is 0. The van der Waals surface area contributed by atoms with Gasteiger partial charge in [-0.2, -0.15) is 0 Å². The lowest BCUT2D eigenvalue weighted by Gasteiger charge is -2.33. The summed E-state index contributed by atoms with van der Waals surface area (Å²) < 4.78 is 0. The Balaban J connectivity index is 1.72. The Labute approximate surface area is 132 Å². The SMILES string of the molecule is CC#CCN1CC(Cc2ccccn2)N=C1N1CCNCC1. The molecule has 1 N–H and O–H groups in total. The van der Waals surface area contributed by atoms with Gasteiger partial charge in [-0.25, -0.2) is 4.99 Å². The number of rotatable bonds is 3. The quantitative estimate of drug-likeness (QED) is 0.830. The van der Waals surface area contributed by atoms with Gasteiger partial charge in [-0.15, -0.1) is 5.92 Å². The number of hydrogen-bond acceptors (Lipinski definition) is 5. The van der Waals surface area contributed by atoms with Crippen LogP contribution >= 0.6 is 0 Å². The van der Waals surface area contributed by atoms with Gasteiger partial charge in [-0.3, -0.25) is 4.98 Å². The monoisotopic (exact) mass is 297 g/mol. The van der Waals surface area contributed by atoms with Gasteiger partial charge in [0.25, 0.3) is 0 Å². The molecule has 5 nitrogen and oxygen atoms in total. The van der Waals surface area contributed by atoms with E-state index in [1.807, 2.05) is 25.3 Å². The second-order valence-electron chi connectivity index (χ2n) is 5.65. The van der Waals surface area contributed by atoms with Crippen molar-refractivity contribution in [3.63, 3.8) is 0 Å². The van der Waals surface area contributed by atoms with E-state index < -0.39 is 0 Å². The molecule has 0 bridgehead atoms. The lowest BCUT2D eigenvalue weighted by Crippen LogP contribution is -2.51. The van der Waals surface area contributed by atoms with Gasteiger partial charge < -0.3 is 15.1 Å². The average molecular weight is 297 g/mol. The summed E-state index contributed by atoms with van der Waals surface area (Å²) in [7, 11) is 0. The maximum Gasteiger partial charge on any atom is 0.197 e. The van der Waals surface area contributed by atoms with E-state index in [1.54, 1.807) is 0 Å². The fourth-order valence-corrected chi connectivity index (χ4v) is 2.95. The highest BCUT2D eigenvalue weighted by Crippen LogP contribution is 2.16. The molecule has 1 aromatic heterocycles. The minimum absolute atomic E-state index is 0.276. The van der Waals surface area contributed by atoms with E-state index in [-0.39, 0.29) is 6.04 Å². The maximum absolute atomic E-state index is 4.97. The molecule has 3 rings (SSSR count). The van der Waals surface area contributed by atoms with Gasteiger partial charge in [-0.1, -0.05) is 12.0 Å². The molecule has 0 radical (unpaired) electrons. The van der Waals surface area contributed by atoms with Crippen LogP contribution in [-0.4, -0.2) is 66.1 Å². The third kappa shape index (κ3) is 3.58. The number of pyridine rings is 1. The van der Waals surface area contributed by atoms with Crippen molar-refractivity contribution in [2.45, 2.75) is 19.4 Å². The summed E-state index contributed by atoms with van der Waals surface area (Å²) in [6.07, 6.45) is 2.75. The van der Waals surface area contributed by atoms with E-state index in [0.717, 1.165) is 57.3 Å². The smallest absolute Gasteiger partial charge is 0.197 e. The lowest BCUT2D eigenvalue weighted by atomic mass is 10.1. The van der Waals surface area contributed by atoms with Crippen LogP contribution in [0.2, 0.25) is 0 Å². The summed E-state index contributed by atoms with van der Waals surface area (Å²) in [5.74, 6) is 7.29. The molecular formula is C17H23N5.